The third kappa shape index (κ3) is 2.58. The zero-order chi connectivity index (χ0) is 12.4. The van der Waals surface area contributed by atoms with Crippen molar-refractivity contribution in [2.75, 3.05) is 11.4 Å². The van der Waals surface area contributed by atoms with E-state index in [-0.39, 0.29) is 6.61 Å². The highest BCUT2D eigenvalue weighted by molar-refractivity contribution is 6.33. The summed E-state index contributed by atoms with van der Waals surface area (Å²) in [4.78, 5) is 2.41. The van der Waals surface area contributed by atoms with Gasteiger partial charge in [-0.3, -0.25) is 0 Å². The van der Waals surface area contributed by atoms with E-state index in [2.05, 4.69) is 18.7 Å². The Balaban J connectivity index is 2.27. The van der Waals surface area contributed by atoms with E-state index < -0.39 is 0 Å². The fourth-order valence-corrected chi connectivity index (χ4v) is 2.98. The first kappa shape index (κ1) is 12.7. The molecule has 0 aromatic heterocycles. The van der Waals surface area contributed by atoms with Crippen LogP contribution in [0.5, 0.6) is 0 Å². The van der Waals surface area contributed by atoms with Gasteiger partial charge in [0.05, 0.1) is 17.3 Å². The summed E-state index contributed by atoms with van der Waals surface area (Å²) in [6.07, 6.45) is 2.48. The second-order valence-corrected chi connectivity index (χ2v) is 5.50. The number of halogens is 1. The Morgan fingerprint density at radius 3 is 2.82 bits per heavy atom. The van der Waals surface area contributed by atoms with E-state index in [1.54, 1.807) is 0 Å². The number of benzene rings is 1. The van der Waals surface area contributed by atoms with Crippen LogP contribution in [0.4, 0.5) is 5.69 Å². The Kier molecular flexibility index (Phi) is 3.95. The lowest BCUT2D eigenvalue weighted by molar-refractivity contribution is 0.282. The molecular formula is C14H20ClNO. The minimum Gasteiger partial charge on any atom is -0.392 e. The molecule has 1 aromatic carbocycles. The van der Waals surface area contributed by atoms with Crippen LogP contribution in [0.15, 0.2) is 18.2 Å². The molecule has 2 nitrogen and oxygen atoms in total. The number of anilines is 1. The van der Waals surface area contributed by atoms with Gasteiger partial charge in [-0.15, -0.1) is 0 Å². The van der Waals surface area contributed by atoms with Gasteiger partial charge in [-0.2, -0.15) is 0 Å². The van der Waals surface area contributed by atoms with Crippen molar-refractivity contribution in [1.82, 2.24) is 0 Å². The molecule has 0 spiro atoms. The quantitative estimate of drug-likeness (QED) is 0.892. The molecule has 1 aromatic rings. The summed E-state index contributed by atoms with van der Waals surface area (Å²) in [6, 6.07) is 6.45. The predicted octanol–water partition coefficient (Wildman–Crippen LogP) is 3.46. The van der Waals surface area contributed by atoms with Gasteiger partial charge in [0.25, 0.3) is 0 Å². The van der Waals surface area contributed by atoms with Crippen LogP contribution in [-0.4, -0.2) is 17.7 Å². The van der Waals surface area contributed by atoms with Crippen molar-refractivity contribution in [3.05, 3.63) is 28.8 Å². The molecule has 0 bridgehead atoms. The van der Waals surface area contributed by atoms with Gasteiger partial charge in [0.1, 0.15) is 0 Å². The van der Waals surface area contributed by atoms with Gasteiger partial charge in [-0.25, -0.2) is 0 Å². The molecule has 1 aliphatic rings. The Morgan fingerprint density at radius 1 is 1.47 bits per heavy atom. The van der Waals surface area contributed by atoms with Crippen molar-refractivity contribution >= 4 is 17.3 Å². The van der Waals surface area contributed by atoms with Gasteiger partial charge >= 0.3 is 0 Å². The molecule has 1 atom stereocenters. The minimum atomic E-state index is 0.0492. The van der Waals surface area contributed by atoms with Gasteiger partial charge < -0.3 is 10.0 Å². The van der Waals surface area contributed by atoms with Crippen molar-refractivity contribution in [2.45, 2.75) is 39.3 Å². The molecule has 3 heteroatoms. The van der Waals surface area contributed by atoms with E-state index >= 15 is 0 Å². The van der Waals surface area contributed by atoms with Crippen molar-refractivity contribution in [1.29, 1.82) is 0 Å². The van der Waals surface area contributed by atoms with Crippen molar-refractivity contribution in [2.24, 2.45) is 5.92 Å². The molecule has 0 saturated carbocycles. The van der Waals surface area contributed by atoms with E-state index in [1.165, 1.54) is 12.8 Å². The largest absolute Gasteiger partial charge is 0.392 e. The van der Waals surface area contributed by atoms with E-state index in [9.17, 15) is 0 Å². The van der Waals surface area contributed by atoms with Crippen LogP contribution >= 0.6 is 11.6 Å². The molecule has 0 radical (unpaired) electrons. The van der Waals surface area contributed by atoms with Gasteiger partial charge in [0.2, 0.25) is 0 Å². The molecule has 17 heavy (non-hydrogen) atoms. The molecule has 1 fully saturated rings. The predicted molar refractivity (Wildman–Crippen MR) is 72.6 cm³/mol. The fraction of sp³-hybridized carbons (Fsp3) is 0.571. The van der Waals surface area contributed by atoms with Gasteiger partial charge in [0, 0.05) is 12.6 Å². The number of aliphatic hydroxyl groups is 1. The maximum absolute atomic E-state index is 9.09. The summed E-state index contributed by atoms with van der Waals surface area (Å²) < 4.78 is 0. The first-order chi connectivity index (χ1) is 8.13. The van der Waals surface area contributed by atoms with Gasteiger partial charge in [0.15, 0.2) is 0 Å². The summed E-state index contributed by atoms with van der Waals surface area (Å²) >= 11 is 6.31. The number of hydrogen-bond acceptors (Lipinski definition) is 2. The van der Waals surface area contributed by atoms with E-state index in [4.69, 9.17) is 16.7 Å². The third-order valence-corrected chi connectivity index (χ3v) is 3.88. The Labute approximate surface area is 108 Å². The summed E-state index contributed by atoms with van der Waals surface area (Å²) in [5, 5.41) is 9.84. The van der Waals surface area contributed by atoms with Gasteiger partial charge in [-0.1, -0.05) is 31.5 Å². The SMILES string of the molecule is CC(C)C1CCCN1c1ccc(CO)cc1Cl. The summed E-state index contributed by atoms with van der Waals surface area (Å²) in [7, 11) is 0. The lowest BCUT2D eigenvalue weighted by Gasteiger charge is -2.30. The number of hydrogen-bond donors (Lipinski definition) is 1. The lowest BCUT2D eigenvalue weighted by Crippen LogP contribution is -2.33. The fourth-order valence-electron chi connectivity index (χ4n) is 2.67. The van der Waals surface area contributed by atoms with Crippen LogP contribution in [0, 0.1) is 5.92 Å². The Hall–Kier alpha value is -0.730. The zero-order valence-corrected chi connectivity index (χ0v) is 11.2. The van der Waals surface area contributed by atoms with Crippen molar-refractivity contribution in [3.8, 4) is 0 Å². The summed E-state index contributed by atoms with van der Waals surface area (Å²) in [5.41, 5.74) is 1.99. The van der Waals surface area contributed by atoms with Crippen LogP contribution in [0.3, 0.4) is 0 Å². The first-order valence-electron chi connectivity index (χ1n) is 6.29. The molecule has 1 aliphatic heterocycles. The minimum absolute atomic E-state index is 0.0492. The third-order valence-electron chi connectivity index (χ3n) is 3.57. The molecule has 1 N–H and O–H groups in total. The lowest BCUT2D eigenvalue weighted by atomic mass is 10.0. The molecule has 0 aliphatic carbocycles. The molecule has 0 amide bonds. The molecule has 2 rings (SSSR count). The number of nitrogens with zero attached hydrogens (tertiary/aromatic N) is 1. The maximum atomic E-state index is 9.09. The monoisotopic (exact) mass is 253 g/mol. The topological polar surface area (TPSA) is 23.5 Å². The first-order valence-corrected chi connectivity index (χ1v) is 6.67. The van der Waals surface area contributed by atoms with E-state index in [1.807, 2.05) is 18.2 Å². The average Bonchev–Trinajstić information content (AvgIpc) is 2.77. The normalized spacial score (nSPS) is 20.3. The van der Waals surface area contributed by atoms with Crippen molar-refractivity contribution < 1.29 is 5.11 Å². The zero-order valence-electron chi connectivity index (χ0n) is 10.5. The number of aliphatic hydroxyl groups excluding tert-OH is 1. The van der Waals surface area contributed by atoms with Crippen LogP contribution < -0.4 is 4.90 Å². The van der Waals surface area contributed by atoms with Crippen LogP contribution in [-0.2, 0) is 6.61 Å². The van der Waals surface area contributed by atoms with E-state index in [0.717, 1.165) is 22.8 Å². The number of rotatable bonds is 3. The average molecular weight is 254 g/mol. The summed E-state index contributed by atoms with van der Waals surface area (Å²) in [6.45, 7) is 5.66. The Morgan fingerprint density at radius 2 is 2.24 bits per heavy atom. The maximum Gasteiger partial charge on any atom is 0.0682 e. The highest BCUT2D eigenvalue weighted by Gasteiger charge is 2.28. The second-order valence-electron chi connectivity index (χ2n) is 5.09. The highest BCUT2D eigenvalue weighted by Crippen LogP contribution is 2.34. The standard InChI is InChI=1S/C14H20ClNO/c1-10(2)13-4-3-7-16(13)14-6-5-11(9-17)8-12(14)15/h5-6,8,10,13,17H,3-4,7,9H2,1-2H3. The molecule has 1 unspecified atom stereocenters. The van der Waals surface area contributed by atoms with Crippen LogP contribution in [0.1, 0.15) is 32.3 Å². The smallest absolute Gasteiger partial charge is 0.0682 e. The molecule has 1 saturated heterocycles. The van der Waals surface area contributed by atoms with Crippen LogP contribution in [0.2, 0.25) is 5.02 Å². The Bertz CT molecular complexity index is 392. The molecule has 1 heterocycles. The van der Waals surface area contributed by atoms with Crippen LogP contribution in [0.25, 0.3) is 0 Å². The molecule has 94 valence electrons. The highest BCUT2D eigenvalue weighted by atomic mass is 35.5. The molecular weight excluding hydrogens is 234 g/mol. The van der Waals surface area contributed by atoms with Gasteiger partial charge in [-0.05, 0) is 36.5 Å². The summed E-state index contributed by atoms with van der Waals surface area (Å²) in [5.74, 6) is 0.645. The van der Waals surface area contributed by atoms with Crippen molar-refractivity contribution in [3.63, 3.8) is 0 Å². The van der Waals surface area contributed by atoms with E-state index in [0.29, 0.717) is 12.0 Å². The second kappa shape index (κ2) is 5.28.